The van der Waals surface area contributed by atoms with E-state index in [4.69, 9.17) is 15.0 Å². The van der Waals surface area contributed by atoms with E-state index in [-0.39, 0.29) is 58.3 Å². The van der Waals surface area contributed by atoms with E-state index >= 15 is 0 Å². The van der Waals surface area contributed by atoms with Gasteiger partial charge in [0.1, 0.15) is 0 Å². The molecule has 0 heterocycles. The molecular formula is C4H12BaO3. The molecule has 3 nitrogen and oxygen atoms in total. The zero-order chi connectivity index (χ0) is 6.28. The molecule has 0 aromatic heterocycles. The van der Waals surface area contributed by atoms with Crippen LogP contribution in [0, 0.1) is 0 Å². The maximum atomic E-state index is 9.00. The fraction of sp³-hybridized carbons (Fsp3) is 0.750. The second-order valence-corrected chi connectivity index (χ2v) is 0.835. The number of carbonyl (C=O) groups is 1. The Balaban J connectivity index is -0.0000000131. The van der Waals surface area contributed by atoms with Gasteiger partial charge >= 0.3 is 48.9 Å². The Morgan fingerprint density at radius 1 is 1.75 bits per heavy atom. The molecule has 8 heavy (non-hydrogen) atoms. The smallest absolute Gasteiger partial charge is 1.00 e. The van der Waals surface area contributed by atoms with Crippen LogP contribution in [0.1, 0.15) is 16.7 Å². The number of rotatable bonds is 0. The third-order valence-electron chi connectivity index (χ3n) is 0. The third-order valence-corrected chi connectivity index (χ3v) is 0. The van der Waals surface area contributed by atoms with E-state index in [1.54, 1.807) is 6.92 Å². The topological polar surface area (TPSA) is 57.5 Å². The zero-order valence-electron chi connectivity index (χ0n) is 7.22. The minimum absolute atomic E-state index is 0. The number of aliphatic carboxylic acids is 1. The Kier molecular flexibility index (Phi) is 31.4. The number of carboxylic acids is 1. The minimum atomic E-state index is -0.833. The Hall–Kier alpha value is 1.00. The van der Waals surface area contributed by atoms with Crippen molar-refractivity contribution in [2.24, 2.45) is 0 Å². The number of hydrogen-bond acceptors (Lipinski definition) is 2. The molecule has 0 atom stereocenters. The zero-order valence-corrected chi connectivity index (χ0v) is 9.66. The molecule has 0 fully saturated rings. The van der Waals surface area contributed by atoms with Crippen molar-refractivity contribution in [3.8, 4) is 0 Å². The molecule has 0 amide bonds. The van der Waals surface area contributed by atoms with Gasteiger partial charge in [-0.25, -0.2) is 0 Å². The molecule has 0 aliphatic heterocycles. The average molecular weight is 245 g/mol. The quantitative estimate of drug-likeness (QED) is 0.588. The summed E-state index contributed by atoms with van der Waals surface area (Å²) >= 11 is 0. The van der Waals surface area contributed by atoms with Gasteiger partial charge in [0.25, 0.3) is 5.97 Å². The van der Waals surface area contributed by atoms with Crippen molar-refractivity contribution < 1.29 is 17.9 Å². The van der Waals surface area contributed by atoms with Crippen molar-refractivity contribution in [3.05, 3.63) is 0 Å². The van der Waals surface area contributed by atoms with Crippen LogP contribution >= 0.6 is 0 Å². The predicted molar refractivity (Wildman–Crippen MR) is 34.0 cm³/mol. The van der Waals surface area contributed by atoms with Crippen LogP contribution in [-0.2, 0) is 4.79 Å². The van der Waals surface area contributed by atoms with Crippen LogP contribution in [0.25, 0.3) is 0 Å². The molecule has 0 saturated carbocycles. The maximum Gasteiger partial charge on any atom is 2.00 e. The Labute approximate surface area is 92.1 Å². The monoisotopic (exact) mass is 246 g/mol. The number of aliphatic hydroxyl groups is 1. The van der Waals surface area contributed by atoms with E-state index in [1.807, 2.05) is 0 Å². The van der Waals surface area contributed by atoms with E-state index in [9.17, 15) is 0 Å². The van der Waals surface area contributed by atoms with Gasteiger partial charge in [-0.3, -0.25) is 4.79 Å². The first kappa shape index (κ1) is 16.0. The SMILES string of the molecule is CC(=O)O.CCO.[Ba+2].[H-].[H-]. The molecule has 0 aliphatic rings. The summed E-state index contributed by atoms with van der Waals surface area (Å²) in [5.74, 6) is -0.833. The van der Waals surface area contributed by atoms with Gasteiger partial charge in [-0.05, 0) is 6.92 Å². The first-order chi connectivity index (χ1) is 3.15. The van der Waals surface area contributed by atoms with Gasteiger partial charge in [0.2, 0.25) is 0 Å². The molecule has 0 aliphatic carbocycles. The van der Waals surface area contributed by atoms with Crippen molar-refractivity contribution in [1.82, 2.24) is 0 Å². The molecular weight excluding hydrogens is 233 g/mol. The van der Waals surface area contributed by atoms with Crippen molar-refractivity contribution in [2.45, 2.75) is 13.8 Å². The largest absolute Gasteiger partial charge is 2.00 e. The summed E-state index contributed by atoms with van der Waals surface area (Å²) in [6.07, 6.45) is 0. The summed E-state index contributed by atoms with van der Waals surface area (Å²) in [6.45, 7) is 3.01. The maximum absolute atomic E-state index is 9.00. The predicted octanol–water partition coefficient (Wildman–Crippen LogP) is -0.0663. The van der Waals surface area contributed by atoms with Crippen LogP contribution < -0.4 is 0 Å². The van der Waals surface area contributed by atoms with Gasteiger partial charge in [-0.2, -0.15) is 0 Å². The molecule has 0 unspecified atom stereocenters. The van der Waals surface area contributed by atoms with Crippen LogP contribution in [0.3, 0.4) is 0 Å². The fourth-order valence-corrected chi connectivity index (χ4v) is 0. The fourth-order valence-electron chi connectivity index (χ4n) is 0. The second kappa shape index (κ2) is 15.7. The van der Waals surface area contributed by atoms with Gasteiger partial charge in [0.15, 0.2) is 0 Å². The first-order valence-corrected chi connectivity index (χ1v) is 1.95. The molecule has 0 saturated heterocycles. The number of hydrogen-bond donors (Lipinski definition) is 2. The van der Waals surface area contributed by atoms with Gasteiger partial charge in [0, 0.05) is 13.5 Å². The molecule has 0 aromatic rings. The summed E-state index contributed by atoms with van der Waals surface area (Å²) in [5, 5.41) is 15.0. The molecule has 48 valence electrons. The number of aliphatic hydroxyl groups excluding tert-OH is 1. The van der Waals surface area contributed by atoms with E-state index in [0.717, 1.165) is 6.92 Å². The summed E-state index contributed by atoms with van der Waals surface area (Å²) in [6, 6.07) is 0. The van der Waals surface area contributed by atoms with E-state index < -0.39 is 5.97 Å². The minimum Gasteiger partial charge on any atom is -1.00 e. The van der Waals surface area contributed by atoms with Gasteiger partial charge in [-0.1, -0.05) is 0 Å². The molecule has 0 rings (SSSR count). The van der Waals surface area contributed by atoms with Crippen LogP contribution in [0.5, 0.6) is 0 Å². The van der Waals surface area contributed by atoms with E-state index in [0.29, 0.717) is 0 Å². The Bertz CT molecular complexity index is 49.8. The molecule has 0 spiro atoms. The summed E-state index contributed by atoms with van der Waals surface area (Å²) in [4.78, 5) is 9.00. The summed E-state index contributed by atoms with van der Waals surface area (Å²) in [5.41, 5.74) is 0. The van der Waals surface area contributed by atoms with E-state index in [1.165, 1.54) is 0 Å². The molecule has 0 bridgehead atoms. The van der Waals surface area contributed by atoms with Crippen LogP contribution in [0.15, 0.2) is 0 Å². The molecule has 0 aromatic carbocycles. The van der Waals surface area contributed by atoms with Gasteiger partial charge in [-0.15, -0.1) is 0 Å². The van der Waals surface area contributed by atoms with Crippen molar-refractivity contribution >= 4 is 54.9 Å². The van der Waals surface area contributed by atoms with Crippen molar-refractivity contribution in [2.75, 3.05) is 6.61 Å². The molecule has 0 radical (unpaired) electrons. The Morgan fingerprint density at radius 3 is 1.75 bits per heavy atom. The van der Waals surface area contributed by atoms with Crippen LogP contribution in [0.2, 0.25) is 0 Å². The van der Waals surface area contributed by atoms with Gasteiger partial charge in [0.05, 0.1) is 0 Å². The molecule has 2 N–H and O–H groups in total. The van der Waals surface area contributed by atoms with Crippen molar-refractivity contribution in [1.29, 1.82) is 0 Å². The summed E-state index contributed by atoms with van der Waals surface area (Å²) in [7, 11) is 0. The summed E-state index contributed by atoms with van der Waals surface area (Å²) < 4.78 is 0. The van der Waals surface area contributed by atoms with Crippen molar-refractivity contribution in [3.63, 3.8) is 0 Å². The third kappa shape index (κ3) is 251. The average Bonchev–Trinajstić information content (AvgIpc) is 1.33. The Morgan fingerprint density at radius 2 is 1.75 bits per heavy atom. The van der Waals surface area contributed by atoms with Crippen LogP contribution in [0.4, 0.5) is 0 Å². The molecule has 4 heteroatoms. The number of carboxylic acid groups (broad SMARTS) is 1. The van der Waals surface area contributed by atoms with E-state index in [2.05, 4.69) is 0 Å². The first-order valence-electron chi connectivity index (χ1n) is 1.95. The second-order valence-electron chi connectivity index (χ2n) is 0.835. The van der Waals surface area contributed by atoms with Gasteiger partial charge < -0.3 is 13.1 Å². The standard InChI is InChI=1S/C2H4O2.C2H6O.Ba.2H/c1-2(3)4;1-2-3;;;/h1H3,(H,3,4);3H,2H2,1H3;;;/q;;+2;2*-1. The normalized spacial score (nSPS) is 5.38. The van der Waals surface area contributed by atoms with Crippen LogP contribution in [-0.4, -0.2) is 71.7 Å².